The molecule has 0 bridgehead atoms. The summed E-state index contributed by atoms with van der Waals surface area (Å²) < 4.78 is 78.8. The normalized spacial score (nSPS) is 15.5. The van der Waals surface area contributed by atoms with Crippen molar-refractivity contribution in [3.05, 3.63) is 63.7 Å². The quantitative estimate of drug-likeness (QED) is 0.401. The molecule has 11 heteroatoms. The summed E-state index contributed by atoms with van der Waals surface area (Å²) in [5, 5.41) is 10.8. The van der Waals surface area contributed by atoms with Gasteiger partial charge < -0.3 is 9.80 Å². The van der Waals surface area contributed by atoms with Crippen molar-refractivity contribution in [1.29, 1.82) is 0 Å². The van der Waals surface area contributed by atoms with Crippen LogP contribution in [0.25, 0.3) is 0 Å². The number of benzene rings is 2. The SMILES string of the molecule is O=[N+]([O-])c1ccc(N2CCN(c3cccc(C(F)(F)F)c3)CC2)c(C(F)(F)F)c1. The minimum absolute atomic E-state index is 0.122. The number of hydrogen-bond acceptors (Lipinski definition) is 4. The molecule has 3 rings (SSSR count). The molecule has 0 unspecified atom stereocenters. The molecule has 29 heavy (non-hydrogen) atoms. The molecule has 2 aromatic rings. The van der Waals surface area contributed by atoms with E-state index in [1.807, 2.05) is 0 Å². The number of anilines is 2. The number of rotatable bonds is 3. The Hall–Kier alpha value is -2.98. The van der Waals surface area contributed by atoms with Gasteiger partial charge in [-0.1, -0.05) is 6.07 Å². The zero-order valence-electron chi connectivity index (χ0n) is 14.8. The zero-order valence-corrected chi connectivity index (χ0v) is 14.8. The van der Waals surface area contributed by atoms with E-state index in [4.69, 9.17) is 0 Å². The van der Waals surface area contributed by atoms with Gasteiger partial charge in [0.15, 0.2) is 0 Å². The molecule has 0 radical (unpaired) electrons. The van der Waals surface area contributed by atoms with Gasteiger partial charge in [-0.3, -0.25) is 10.1 Å². The molecule has 1 aliphatic heterocycles. The van der Waals surface area contributed by atoms with Gasteiger partial charge >= 0.3 is 12.4 Å². The third kappa shape index (κ3) is 4.54. The summed E-state index contributed by atoms with van der Waals surface area (Å²) in [6.07, 6.45) is -9.27. The standard InChI is InChI=1S/C18H15F6N3O2/c19-17(20,21)12-2-1-3-13(10-12)25-6-8-26(9-7-25)16-5-4-14(27(28)29)11-15(16)18(22,23)24/h1-5,10-11H,6-9H2. The van der Waals surface area contributed by atoms with E-state index >= 15 is 0 Å². The molecule has 1 saturated heterocycles. The van der Waals surface area contributed by atoms with Gasteiger partial charge in [0.05, 0.1) is 16.1 Å². The first kappa shape index (κ1) is 20.7. The maximum atomic E-state index is 13.4. The van der Waals surface area contributed by atoms with Gasteiger partial charge in [-0.25, -0.2) is 0 Å². The Morgan fingerprint density at radius 3 is 2.00 bits per heavy atom. The van der Waals surface area contributed by atoms with Gasteiger partial charge in [-0.2, -0.15) is 26.3 Å². The van der Waals surface area contributed by atoms with Gasteiger partial charge in [-0.15, -0.1) is 0 Å². The van der Waals surface area contributed by atoms with E-state index in [0.717, 1.165) is 24.3 Å². The van der Waals surface area contributed by atoms with Crippen LogP contribution in [0.3, 0.4) is 0 Å². The van der Waals surface area contributed by atoms with Crippen LogP contribution in [0.1, 0.15) is 11.1 Å². The van der Waals surface area contributed by atoms with E-state index in [-0.39, 0.29) is 31.9 Å². The minimum atomic E-state index is -4.78. The lowest BCUT2D eigenvalue weighted by Crippen LogP contribution is -2.47. The molecule has 0 amide bonds. The lowest BCUT2D eigenvalue weighted by molar-refractivity contribution is -0.385. The van der Waals surface area contributed by atoms with Crippen molar-refractivity contribution in [3.8, 4) is 0 Å². The van der Waals surface area contributed by atoms with Crippen LogP contribution in [-0.2, 0) is 12.4 Å². The topological polar surface area (TPSA) is 49.6 Å². The summed E-state index contributed by atoms with van der Waals surface area (Å²) >= 11 is 0. The largest absolute Gasteiger partial charge is 0.418 e. The minimum Gasteiger partial charge on any atom is -0.368 e. The maximum absolute atomic E-state index is 13.4. The molecule has 2 aromatic carbocycles. The number of piperazine rings is 1. The fourth-order valence-corrected chi connectivity index (χ4v) is 3.22. The third-order valence-electron chi connectivity index (χ3n) is 4.66. The van der Waals surface area contributed by atoms with Crippen molar-refractivity contribution >= 4 is 17.1 Å². The summed E-state index contributed by atoms with van der Waals surface area (Å²) in [5.41, 5.74) is -2.43. The van der Waals surface area contributed by atoms with Crippen LogP contribution in [-0.4, -0.2) is 31.1 Å². The van der Waals surface area contributed by atoms with E-state index in [1.165, 1.54) is 17.0 Å². The van der Waals surface area contributed by atoms with Gasteiger partial charge in [-0.05, 0) is 24.3 Å². The number of halogens is 6. The third-order valence-corrected chi connectivity index (χ3v) is 4.66. The lowest BCUT2D eigenvalue weighted by Gasteiger charge is -2.38. The Morgan fingerprint density at radius 2 is 1.45 bits per heavy atom. The summed E-state index contributed by atoms with van der Waals surface area (Å²) in [4.78, 5) is 13.0. The van der Waals surface area contributed by atoms with Crippen LogP contribution in [0.2, 0.25) is 0 Å². The molecule has 0 N–H and O–H groups in total. The number of nitrogens with zero attached hydrogens (tertiary/aromatic N) is 3. The summed E-state index contributed by atoms with van der Waals surface area (Å²) in [6.45, 7) is 0.652. The van der Waals surface area contributed by atoms with Crippen molar-refractivity contribution in [3.63, 3.8) is 0 Å². The summed E-state index contributed by atoms with van der Waals surface area (Å²) in [7, 11) is 0. The predicted molar refractivity (Wildman–Crippen MR) is 94.0 cm³/mol. The Morgan fingerprint density at radius 1 is 0.828 bits per heavy atom. The number of non-ortho nitro benzene ring substituents is 1. The molecule has 5 nitrogen and oxygen atoms in total. The Kier molecular flexibility index (Phi) is 5.33. The Labute approximate surface area is 161 Å². The summed E-state index contributed by atoms with van der Waals surface area (Å²) in [5.74, 6) is 0. The monoisotopic (exact) mass is 419 g/mol. The van der Waals surface area contributed by atoms with E-state index in [2.05, 4.69) is 0 Å². The van der Waals surface area contributed by atoms with Gasteiger partial charge in [0.2, 0.25) is 0 Å². The molecule has 1 fully saturated rings. The molecule has 0 saturated carbocycles. The highest BCUT2D eigenvalue weighted by Gasteiger charge is 2.37. The summed E-state index contributed by atoms with van der Waals surface area (Å²) in [6, 6.07) is 7.30. The molecular weight excluding hydrogens is 404 g/mol. The van der Waals surface area contributed by atoms with Crippen LogP contribution < -0.4 is 9.80 Å². The Bertz CT molecular complexity index is 905. The Balaban J connectivity index is 1.80. The lowest BCUT2D eigenvalue weighted by atomic mass is 10.1. The smallest absolute Gasteiger partial charge is 0.368 e. The highest BCUT2D eigenvalue weighted by Crippen LogP contribution is 2.39. The van der Waals surface area contributed by atoms with E-state index in [1.54, 1.807) is 4.90 Å². The second-order valence-corrected chi connectivity index (χ2v) is 6.48. The first-order valence-corrected chi connectivity index (χ1v) is 8.49. The van der Waals surface area contributed by atoms with Gasteiger partial charge in [0, 0.05) is 49.7 Å². The maximum Gasteiger partial charge on any atom is 0.418 e. The fraction of sp³-hybridized carbons (Fsp3) is 0.333. The van der Waals surface area contributed by atoms with Crippen molar-refractivity contribution in [1.82, 2.24) is 0 Å². The highest BCUT2D eigenvalue weighted by molar-refractivity contribution is 5.60. The van der Waals surface area contributed by atoms with Gasteiger partial charge in [0.1, 0.15) is 0 Å². The van der Waals surface area contributed by atoms with Crippen LogP contribution in [0.5, 0.6) is 0 Å². The molecule has 0 aromatic heterocycles. The first-order valence-electron chi connectivity index (χ1n) is 8.49. The van der Waals surface area contributed by atoms with Crippen LogP contribution in [0, 0.1) is 10.1 Å². The van der Waals surface area contributed by atoms with Crippen LogP contribution in [0.15, 0.2) is 42.5 Å². The van der Waals surface area contributed by atoms with Crippen LogP contribution in [0.4, 0.5) is 43.4 Å². The van der Waals surface area contributed by atoms with Crippen LogP contribution >= 0.6 is 0 Å². The van der Waals surface area contributed by atoms with Crippen molar-refractivity contribution in [2.45, 2.75) is 12.4 Å². The second kappa shape index (κ2) is 7.45. The fourth-order valence-electron chi connectivity index (χ4n) is 3.22. The zero-order chi connectivity index (χ0) is 21.4. The van der Waals surface area contributed by atoms with Crippen molar-refractivity contribution < 1.29 is 31.3 Å². The molecule has 0 atom stereocenters. The molecule has 156 valence electrons. The second-order valence-electron chi connectivity index (χ2n) is 6.48. The molecule has 1 aliphatic rings. The number of nitro groups is 1. The number of alkyl halides is 6. The molecule has 1 heterocycles. The first-order chi connectivity index (χ1) is 13.5. The van der Waals surface area contributed by atoms with E-state index in [0.29, 0.717) is 11.8 Å². The highest BCUT2D eigenvalue weighted by atomic mass is 19.4. The van der Waals surface area contributed by atoms with Crippen molar-refractivity contribution in [2.24, 2.45) is 0 Å². The van der Waals surface area contributed by atoms with Gasteiger partial charge in [0.25, 0.3) is 5.69 Å². The van der Waals surface area contributed by atoms with E-state index in [9.17, 15) is 36.5 Å². The average Bonchev–Trinajstić information content (AvgIpc) is 2.66. The molecular formula is C18H15F6N3O2. The molecule has 0 aliphatic carbocycles. The van der Waals surface area contributed by atoms with E-state index < -0.39 is 34.1 Å². The van der Waals surface area contributed by atoms with Crippen molar-refractivity contribution in [2.75, 3.05) is 36.0 Å². The average molecular weight is 419 g/mol. The molecule has 0 spiro atoms. The predicted octanol–water partition coefficient (Wildman–Crippen LogP) is 4.96. The number of hydrogen-bond donors (Lipinski definition) is 0. The number of nitro benzene ring substituents is 1.